The second-order valence-electron chi connectivity index (χ2n) is 7.79. The molecule has 1 atom stereocenters. The predicted octanol–water partition coefficient (Wildman–Crippen LogP) is 3.78. The maximum Gasteiger partial charge on any atom is 0.307 e. The van der Waals surface area contributed by atoms with E-state index in [4.69, 9.17) is 0 Å². The zero-order valence-electron chi connectivity index (χ0n) is 16.3. The second kappa shape index (κ2) is 7.40. The first-order chi connectivity index (χ1) is 14.6. The maximum atomic E-state index is 13.2. The van der Waals surface area contributed by atoms with Crippen LogP contribution in [0.4, 0.5) is 4.39 Å². The quantitative estimate of drug-likeness (QED) is 0.550. The van der Waals surface area contributed by atoms with Crippen molar-refractivity contribution >= 4 is 16.9 Å². The maximum absolute atomic E-state index is 13.2. The van der Waals surface area contributed by atoms with Crippen molar-refractivity contribution in [2.45, 2.75) is 38.3 Å². The topological polar surface area (TPSA) is 72.9 Å². The number of carboxylic acid groups (broad SMARTS) is 1. The van der Waals surface area contributed by atoms with Gasteiger partial charge in [0.1, 0.15) is 5.82 Å². The minimum atomic E-state index is -0.811. The summed E-state index contributed by atoms with van der Waals surface area (Å²) in [7, 11) is 0. The summed E-state index contributed by atoms with van der Waals surface area (Å²) in [5.41, 5.74) is 5.08. The molecule has 0 aliphatic carbocycles. The summed E-state index contributed by atoms with van der Waals surface area (Å²) in [6, 6.07) is 14.6. The lowest BCUT2D eigenvalue weighted by Gasteiger charge is -2.27. The average Bonchev–Trinajstić information content (AvgIpc) is 3.32. The molecule has 7 heteroatoms. The third kappa shape index (κ3) is 3.26. The van der Waals surface area contributed by atoms with Crippen LogP contribution >= 0.6 is 0 Å². The summed E-state index contributed by atoms with van der Waals surface area (Å²) in [6.07, 6.45) is 4.09. The summed E-state index contributed by atoms with van der Waals surface area (Å²) >= 11 is 0. The molecule has 152 valence electrons. The van der Waals surface area contributed by atoms with Gasteiger partial charge in [-0.2, -0.15) is 0 Å². The van der Waals surface area contributed by atoms with Crippen LogP contribution in [0.25, 0.3) is 10.9 Å². The standard InChI is InChI=1S/C23H21FN4O2/c24-16-7-5-15(6-8-16)11-18-13-25-26-28(18)17-9-10-22-20(12-23(29)30)19-3-1-2-4-21(19)27(22)14-17/h1-8,13,17H,9-12,14H2,(H,29,30)/t17-/m1/s1. The van der Waals surface area contributed by atoms with E-state index in [9.17, 15) is 14.3 Å². The molecular weight excluding hydrogens is 383 g/mol. The molecule has 0 unspecified atom stereocenters. The van der Waals surface area contributed by atoms with Crippen LogP contribution in [-0.4, -0.2) is 30.6 Å². The molecule has 2 aromatic carbocycles. The highest BCUT2D eigenvalue weighted by Gasteiger charge is 2.28. The molecule has 0 radical (unpaired) electrons. The van der Waals surface area contributed by atoms with Gasteiger partial charge in [-0.15, -0.1) is 5.10 Å². The van der Waals surface area contributed by atoms with Crippen molar-refractivity contribution in [3.63, 3.8) is 0 Å². The summed E-state index contributed by atoms with van der Waals surface area (Å²) in [5.74, 6) is -1.06. The predicted molar refractivity (Wildman–Crippen MR) is 110 cm³/mol. The molecule has 0 bridgehead atoms. The Bertz CT molecular complexity index is 1230. The van der Waals surface area contributed by atoms with E-state index in [0.717, 1.165) is 52.8 Å². The Labute approximate surface area is 172 Å². The first kappa shape index (κ1) is 18.5. The summed E-state index contributed by atoms with van der Waals surface area (Å²) in [4.78, 5) is 11.4. The molecule has 1 N–H and O–H groups in total. The number of hydrogen-bond acceptors (Lipinski definition) is 3. The molecule has 30 heavy (non-hydrogen) atoms. The van der Waals surface area contributed by atoms with Gasteiger partial charge in [-0.1, -0.05) is 35.5 Å². The smallest absolute Gasteiger partial charge is 0.307 e. The van der Waals surface area contributed by atoms with E-state index in [1.54, 1.807) is 18.3 Å². The van der Waals surface area contributed by atoms with E-state index >= 15 is 0 Å². The van der Waals surface area contributed by atoms with Crippen LogP contribution in [0.15, 0.2) is 54.7 Å². The zero-order valence-corrected chi connectivity index (χ0v) is 16.3. The summed E-state index contributed by atoms with van der Waals surface area (Å²) in [5, 5.41) is 18.9. The number of para-hydroxylation sites is 1. The lowest BCUT2D eigenvalue weighted by molar-refractivity contribution is -0.136. The number of halogens is 1. The van der Waals surface area contributed by atoms with E-state index < -0.39 is 5.97 Å². The van der Waals surface area contributed by atoms with Crippen LogP contribution in [0.1, 0.15) is 35.0 Å². The number of hydrogen-bond donors (Lipinski definition) is 1. The number of aliphatic carboxylic acids is 1. The van der Waals surface area contributed by atoms with Crippen LogP contribution in [0.3, 0.4) is 0 Å². The molecule has 4 aromatic rings. The lowest BCUT2D eigenvalue weighted by atomic mass is 10.00. The van der Waals surface area contributed by atoms with Gasteiger partial charge in [0, 0.05) is 29.6 Å². The fourth-order valence-corrected chi connectivity index (χ4v) is 4.59. The van der Waals surface area contributed by atoms with Crippen LogP contribution in [-0.2, 0) is 30.6 Å². The highest BCUT2D eigenvalue weighted by molar-refractivity contribution is 5.89. The van der Waals surface area contributed by atoms with Gasteiger partial charge in [0.2, 0.25) is 0 Å². The number of nitrogens with zero attached hydrogens (tertiary/aromatic N) is 4. The van der Waals surface area contributed by atoms with Gasteiger partial charge < -0.3 is 9.67 Å². The van der Waals surface area contributed by atoms with Crippen molar-refractivity contribution < 1.29 is 14.3 Å². The molecule has 1 aliphatic rings. The SMILES string of the molecule is O=C(O)Cc1c2n(c3ccccc13)C[C@H](n1nncc1Cc1ccc(F)cc1)CC2. The Hall–Kier alpha value is -3.48. The van der Waals surface area contributed by atoms with Gasteiger partial charge in [0.25, 0.3) is 0 Å². The molecule has 0 amide bonds. The van der Waals surface area contributed by atoms with Crippen LogP contribution in [0.5, 0.6) is 0 Å². The molecule has 0 saturated heterocycles. The molecule has 2 aromatic heterocycles. The molecule has 3 heterocycles. The normalized spacial score (nSPS) is 16.0. The van der Waals surface area contributed by atoms with Crippen LogP contribution < -0.4 is 0 Å². The summed E-state index contributed by atoms with van der Waals surface area (Å²) < 4.78 is 17.4. The largest absolute Gasteiger partial charge is 0.481 e. The molecule has 6 nitrogen and oxygen atoms in total. The van der Waals surface area contributed by atoms with Gasteiger partial charge in [0.05, 0.1) is 24.4 Å². The molecule has 0 saturated carbocycles. The lowest BCUT2D eigenvalue weighted by Crippen LogP contribution is -2.26. The van der Waals surface area contributed by atoms with E-state index in [1.807, 2.05) is 28.9 Å². The molecular formula is C23H21FN4O2. The zero-order chi connectivity index (χ0) is 20.7. The number of rotatable bonds is 5. The van der Waals surface area contributed by atoms with Crippen molar-refractivity contribution in [1.29, 1.82) is 0 Å². The first-order valence-corrected chi connectivity index (χ1v) is 10.0. The van der Waals surface area contributed by atoms with Gasteiger partial charge in [-0.25, -0.2) is 9.07 Å². The number of benzene rings is 2. The minimum Gasteiger partial charge on any atom is -0.481 e. The van der Waals surface area contributed by atoms with Crippen molar-refractivity contribution in [3.8, 4) is 0 Å². The highest BCUT2D eigenvalue weighted by Crippen LogP contribution is 2.34. The second-order valence-corrected chi connectivity index (χ2v) is 7.79. The number of carbonyl (C=O) groups is 1. The van der Waals surface area contributed by atoms with E-state index in [1.165, 1.54) is 12.1 Å². The summed E-state index contributed by atoms with van der Waals surface area (Å²) in [6.45, 7) is 0.718. The van der Waals surface area contributed by atoms with Crippen molar-refractivity contribution in [3.05, 3.63) is 83.1 Å². The Morgan fingerprint density at radius 2 is 1.97 bits per heavy atom. The van der Waals surface area contributed by atoms with Crippen molar-refractivity contribution in [1.82, 2.24) is 19.6 Å². The van der Waals surface area contributed by atoms with Crippen molar-refractivity contribution in [2.75, 3.05) is 0 Å². The number of aromatic nitrogens is 4. The third-order valence-electron chi connectivity index (χ3n) is 5.92. The van der Waals surface area contributed by atoms with Gasteiger partial charge in [-0.3, -0.25) is 4.79 Å². The van der Waals surface area contributed by atoms with E-state index in [2.05, 4.69) is 14.9 Å². The molecule has 0 spiro atoms. The number of fused-ring (bicyclic) bond motifs is 3. The van der Waals surface area contributed by atoms with Crippen LogP contribution in [0.2, 0.25) is 0 Å². The Kier molecular flexibility index (Phi) is 4.58. The van der Waals surface area contributed by atoms with E-state index in [-0.39, 0.29) is 18.3 Å². The Morgan fingerprint density at radius 1 is 1.17 bits per heavy atom. The van der Waals surface area contributed by atoms with E-state index in [0.29, 0.717) is 6.42 Å². The monoisotopic (exact) mass is 404 g/mol. The Balaban J connectivity index is 1.48. The van der Waals surface area contributed by atoms with Gasteiger partial charge >= 0.3 is 5.97 Å². The minimum absolute atomic E-state index is 0.0344. The average molecular weight is 404 g/mol. The number of carboxylic acids is 1. The fraction of sp³-hybridized carbons (Fsp3) is 0.261. The van der Waals surface area contributed by atoms with Crippen molar-refractivity contribution in [2.24, 2.45) is 0 Å². The highest BCUT2D eigenvalue weighted by atomic mass is 19.1. The van der Waals surface area contributed by atoms with Gasteiger partial charge in [0.15, 0.2) is 0 Å². The molecule has 0 fully saturated rings. The Morgan fingerprint density at radius 3 is 2.77 bits per heavy atom. The van der Waals surface area contributed by atoms with Crippen LogP contribution in [0, 0.1) is 5.82 Å². The van der Waals surface area contributed by atoms with Gasteiger partial charge in [-0.05, 0) is 42.2 Å². The molecule has 1 aliphatic heterocycles. The fourth-order valence-electron chi connectivity index (χ4n) is 4.59. The molecule has 5 rings (SSSR count). The third-order valence-corrected chi connectivity index (χ3v) is 5.92. The first-order valence-electron chi connectivity index (χ1n) is 10.0.